The van der Waals surface area contributed by atoms with Crippen LogP contribution in [0.25, 0.3) is 11.4 Å². The van der Waals surface area contributed by atoms with Gasteiger partial charge in [-0.05, 0) is 37.3 Å². The molecule has 1 aliphatic heterocycles. The number of nitrogens with two attached hydrogens (primary N) is 1. The summed E-state index contributed by atoms with van der Waals surface area (Å²) >= 11 is 13.4. The zero-order chi connectivity index (χ0) is 23.5. The minimum Gasteiger partial charge on any atom is -0.467 e. The van der Waals surface area contributed by atoms with Crippen molar-refractivity contribution in [2.75, 3.05) is 18.2 Å². The summed E-state index contributed by atoms with van der Waals surface area (Å²) < 4.78 is 11.9. The van der Waals surface area contributed by atoms with E-state index in [4.69, 9.17) is 38.2 Å². The van der Waals surface area contributed by atoms with Crippen LogP contribution in [-0.2, 0) is 9.53 Å². The fourth-order valence-electron chi connectivity index (χ4n) is 3.22. The van der Waals surface area contributed by atoms with E-state index < -0.39 is 18.0 Å². The van der Waals surface area contributed by atoms with E-state index in [0.29, 0.717) is 38.0 Å². The molecule has 2 aromatic heterocycles. The van der Waals surface area contributed by atoms with Crippen molar-refractivity contribution in [1.82, 2.24) is 25.5 Å². The van der Waals surface area contributed by atoms with Gasteiger partial charge >= 0.3 is 12.0 Å². The monoisotopic (exact) mass is 508 g/mol. The third kappa shape index (κ3) is 4.80. The number of nitrogens with one attached hydrogen (secondary N) is 2. The summed E-state index contributed by atoms with van der Waals surface area (Å²) in [6.45, 7) is 1.87. The van der Waals surface area contributed by atoms with Gasteiger partial charge in [-0.2, -0.15) is 0 Å². The maximum Gasteiger partial charge on any atom is 0.338 e. The molecule has 1 aromatic carbocycles. The van der Waals surface area contributed by atoms with Crippen LogP contribution in [0.5, 0.6) is 0 Å². The second-order valence-corrected chi connectivity index (χ2v) is 8.53. The van der Waals surface area contributed by atoms with Crippen LogP contribution in [0, 0.1) is 0 Å². The van der Waals surface area contributed by atoms with E-state index in [2.05, 4.69) is 20.8 Å². The lowest BCUT2D eigenvalue weighted by atomic mass is 10.0. The topological polar surface area (TPSA) is 137 Å². The highest BCUT2D eigenvalue weighted by Gasteiger charge is 2.35. The Morgan fingerprint density at radius 1 is 1.33 bits per heavy atom. The number of urea groups is 1. The third-order valence-electron chi connectivity index (χ3n) is 4.66. The number of benzene rings is 1. The zero-order valence-electron chi connectivity index (χ0n) is 17.2. The number of carbonyl (C=O) groups is 2. The Bertz CT molecular complexity index is 1230. The highest BCUT2D eigenvalue weighted by molar-refractivity contribution is 7.99. The zero-order valence-corrected chi connectivity index (χ0v) is 19.5. The summed E-state index contributed by atoms with van der Waals surface area (Å²) in [5.41, 5.74) is 1.13. The lowest BCUT2D eigenvalue weighted by Crippen LogP contribution is -2.46. The van der Waals surface area contributed by atoms with Crippen molar-refractivity contribution in [2.45, 2.75) is 18.1 Å². The lowest BCUT2D eigenvalue weighted by molar-refractivity contribution is -0.139. The van der Waals surface area contributed by atoms with Crippen LogP contribution >= 0.6 is 35.0 Å². The molecule has 0 saturated heterocycles. The number of nitrogens with zero attached hydrogens (tertiary/aromatic N) is 3. The minimum absolute atomic E-state index is 0.155. The molecule has 3 heterocycles. The SMILES string of the molecule is CCOC(=O)C1=C(CSc2nnc(-c3ccc(Cl)cc3Cl)n2N)NC(=O)N[C@@H]1c1ccco1. The molecule has 0 aliphatic carbocycles. The van der Waals surface area contributed by atoms with Crippen LogP contribution in [0.1, 0.15) is 18.7 Å². The first kappa shape index (κ1) is 23.0. The van der Waals surface area contributed by atoms with Crippen molar-refractivity contribution < 1.29 is 18.7 Å². The first-order valence-corrected chi connectivity index (χ1v) is 11.4. The third-order valence-corrected chi connectivity index (χ3v) is 6.18. The second kappa shape index (κ2) is 9.77. The minimum atomic E-state index is -0.803. The molecule has 0 bridgehead atoms. The molecule has 4 N–H and O–H groups in total. The number of rotatable bonds is 7. The summed E-state index contributed by atoms with van der Waals surface area (Å²) in [4.78, 5) is 25.0. The molecule has 13 heteroatoms. The number of nitrogen functional groups attached to an aromatic ring is 1. The predicted molar refractivity (Wildman–Crippen MR) is 123 cm³/mol. The molecule has 1 atom stereocenters. The molecular weight excluding hydrogens is 491 g/mol. The molecule has 0 spiro atoms. The molecule has 2 amide bonds. The van der Waals surface area contributed by atoms with Crippen LogP contribution in [0.3, 0.4) is 0 Å². The van der Waals surface area contributed by atoms with Gasteiger partial charge in [-0.1, -0.05) is 35.0 Å². The Kier molecular flexibility index (Phi) is 6.82. The molecule has 172 valence electrons. The van der Waals surface area contributed by atoms with E-state index in [1.165, 1.54) is 22.7 Å². The molecule has 0 radical (unpaired) electrons. The van der Waals surface area contributed by atoms with Crippen LogP contribution < -0.4 is 16.5 Å². The van der Waals surface area contributed by atoms with Gasteiger partial charge in [0.05, 0.1) is 23.5 Å². The number of amides is 2. The first-order chi connectivity index (χ1) is 15.9. The summed E-state index contributed by atoms with van der Waals surface area (Å²) in [7, 11) is 0. The van der Waals surface area contributed by atoms with Crippen molar-refractivity contribution in [3.8, 4) is 11.4 Å². The molecule has 10 nitrogen and oxygen atoms in total. The number of halogens is 2. The molecule has 0 unspecified atom stereocenters. The first-order valence-electron chi connectivity index (χ1n) is 9.68. The van der Waals surface area contributed by atoms with Gasteiger partial charge in [0, 0.05) is 22.0 Å². The van der Waals surface area contributed by atoms with Crippen molar-refractivity contribution in [3.63, 3.8) is 0 Å². The predicted octanol–water partition coefficient (Wildman–Crippen LogP) is 3.52. The molecule has 4 rings (SSSR count). The van der Waals surface area contributed by atoms with Crippen molar-refractivity contribution in [3.05, 3.63) is 63.7 Å². The van der Waals surface area contributed by atoms with Gasteiger partial charge in [0.2, 0.25) is 5.16 Å². The highest BCUT2D eigenvalue weighted by atomic mass is 35.5. The number of esters is 1. The van der Waals surface area contributed by atoms with Gasteiger partial charge in [0.25, 0.3) is 0 Å². The number of aromatic nitrogens is 3. The summed E-state index contributed by atoms with van der Waals surface area (Å²) in [5, 5.41) is 14.8. The molecule has 0 fully saturated rings. The average molecular weight is 509 g/mol. The summed E-state index contributed by atoms with van der Waals surface area (Å²) in [5.74, 6) is 6.50. The van der Waals surface area contributed by atoms with Gasteiger partial charge in [-0.15, -0.1) is 10.2 Å². The Hall–Kier alpha value is -3.15. The van der Waals surface area contributed by atoms with Crippen LogP contribution in [0.2, 0.25) is 10.0 Å². The molecular formula is C20H18Cl2N6O4S. The van der Waals surface area contributed by atoms with Crippen LogP contribution in [0.15, 0.2) is 57.4 Å². The smallest absolute Gasteiger partial charge is 0.338 e. The second-order valence-electron chi connectivity index (χ2n) is 6.75. The largest absolute Gasteiger partial charge is 0.467 e. The normalized spacial score (nSPS) is 15.8. The summed E-state index contributed by atoms with van der Waals surface area (Å²) in [6.07, 6.45) is 1.46. The van der Waals surface area contributed by atoms with Crippen LogP contribution in [-0.4, -0.2) is 39.2 Å². The van der Waals surface area contributed by atoms with Crippen molar-refractivity contribution in [2.24, 2.45) is 0 Å². The Morgan fingerprint density at radius 2 is 2.15 bits per heavy atom. The Labute approximate surface area is 202 Å². The van der Waals surface area contributed by atoms with Gasteiger partial charge < -0.3 is 25.6 Å². The van der Waals surface area contributed by atoms with Gasteiger partial charge in [0.1, 0.15) is 11.8 Å². The maximum absolute atomic E-state index is 12.7. The van der Waals surface area contributed by atoms with Gasteiger partial charge in [-0.3, -0.25) is 0 Å². The number of thioether (sulfide) groups is 1. The fourth-order valence-corrected chi connectivity index (χ4v) is 4.54. The number of carbonyl (C=O) groups excluding carboxylic acids is 2. The molecule has 33 heavy (non-hydrogen) atoms. The number of hydrogen-bond acceptors (Lipinski definition) is 8. The van der Waals surface area contributed by atoms with E-state index in [1.54, 1.807) is 37.3 Å². The average Bonchev–Trinajstić information content (AvgIpc) is 3.42. The van der Waals surface area contributed by atoms with E-state index in [9.17, 15) is 9.59 Å². The van der Waals surface area contributed by atoms with E-state index in [-0.39, 0.29) is 17.9 Å². The molecule has 3 aromatic rings. The summed E-state index contributed by atoms with van der Waals surface area (Å²) in [6, 6.07) is 6.98. The Balaban J connectivity index is 1.64. The van der Waals surface area contributed by atoms with E-state index in [1.807, 2.05) is 0 Å². The van der Waals surface area contributed by atoms with Crippen LogP contribution in [0.4, 0.5) is 4.79 Å². The number of hydrogen-bond donors (Lipinski definition) is 3. The molecule has 0 saturated carbocycles. The Morgan fingerprint density at radius 3 is 2.85 bits per heavy atom. The highest BCUT2D eigenvalue weighted by Crippen LogP contribution is 2.33. The van der Waals surface area contributed by atoms with E-state index >= 15 is 0 Å². The fraction of sp³-hybridized carbons (Fsp3) is 0.200. The number of ether oxygens (including phenoxy) is 1. The quantitative estimate of drug-likeness (QED) is 0.250. The lowest BCUT2D eigenvalue weighted by Gasteiger charge is -2.27. The van der Waals surface area contributed by atoms with Crippen molar-refractivity contribution >= 4 is 47.0 Å². The number of furan rings is 1. The van der Waals surface area contributed by atoms with Crippen molar-refractivity contribution in [1.29, 1.82) is 0 Å². The van der Waals surface area contributed by atoms with Gasteiger partial charge in [-0.25, -0.2) is 14.3 Å². The van der Waals surface area contributed by atoms with Gasteiger partial charge in [0.15, 0.2) is 5.82 Å². The maximum atomic E-state index is 12.7. The molecule has 1 aliphatic rings. The van der Waals surface area contributed by atoms with E-state index in [0.717, 1.165) is 0 Å². The standard InChI is InChI=1S/C20H18Cl2N6O4S/c1-2-31-18(29)15-13(24-19(30)25-16(15)14-4-3-7-32-14)9-33-20-27-26-17(28(20)23)11-6-5-10(21)8-12(11)22/h3-8,16H,2,9,23H2,1H3,(H2,24,25,30)/t16-/m1/s1.